The van der Waals surface area contributed by atoms with Gasteiger partial charge in [0.15, 0.2) is 0 Å². The summed E-state index contributed by atoms with van der Waals surface area (Å²) in [7, 11) is -3.71. The molecule has 0 radical (unpaired) electrons. The lowest BCUT2D eigenvalue weighted by molar-refractivity contribution is -0.134. The number of aromatic nitrogens is 4. The summed E-state index contributed by atoms with van der Waals surface area (Å²) in [4.78, 5) is 18.2. The van der Waals surface area contributed by atoms with Crippen LogP contribution in [0.5, 0.6) is 0 Å². The lowest BCUT2D eigenvalue weighted by atomic mass is 9.80. The van der Waals surface area contributed by atoms with E-state index in [1.165, 1.54) is 0 Å². The predicted octanol–water partition coefficient (Wildman–Crippen LogP) is 5.70. The molecule has 1 aliphatic rings. The summed E-state index contributed by atoms with van der Waals surface area (Å²) in [6, 6.07) is 16.7. The van der Waals surface area contributed by atoms with Crippen molar-refractivity contribution in [3.05, 3.63) is 101 Å². The summed E-state index contributed by atoms with van der Waals surface area (Å²) in [6.07, 6.45) is 6.04. The Balaban J connectivity index is 1.48. The van der Waals surface area contributed by atoms with Gasteiger partial charge in [-0.2, -0.15) is 4.31 Å². The molecular weight excluding hydrogens is 588 g/mol. The largest absolute Gasteiger partial charge is 0.366 e. The van der Waals surface area contributed by atoms with E-state index in [0.29, 0.717) is 29.2 Å². The van der Waals surface area contributed by atoms with Crippen LogP contribution in [-0.4, -0.2) is 45.2 Å². The number of pyridine rings is 1. The smallest absolute Gasteiger partial charge is 0.243 e. The van der Waals surface area contributed by atoms with Crippen LogP contribution in [0.3, 0.4) is 0 Å². The lowest BCUT2D eigenvalue weighted by Crippen LogP contribution is -2.38. The van der Waals surface area contributed by atoms with Crippen LogP contribution in [0.4, 0.5) is 5.69 Å². The van der Waals surface area contributed by atoms with Gasteiger partial charge in [-0.3, -0.25) is 14.5 Å². The predicted molar refractivity (Wildman–Crippen MR) is 173 cm³/mol. The van der Waals surface area contributed by atoms with Crippen LogP contribution in [-0.2, 0) is 45.7 Å². The molecule has 10 nitrogen and oxygen atoms in total. The van der Waals surface area contributed by atoms with Crippen LogP contribution >= 0.6 is 0 Å². The average Bonchev–Trinajstić information content (AvgIpc) is 3.42. The molecule has 0 bridgehead atoms. The number of aryl methyl sites for hydroxylation is 2. The maximum Gasteiger partial charge on any atom is 0.243 e. The topological polar surface area (TPSA) is 119 Å². The zero-order valence-electron chi connectivity index (χ0n) is 26.6. The summed E-state index contributed by atoms with van der Waals surface area (Å²) < 4.78 is 37.6. The molecule has 1 N–H and O–H groups in total. The van der Waals surface area contributed by atoms with E-state index in [0.717, 1.165) is 35.2 Å². The van der Waals surface area contributed by atoms with Crippen LogP contribution in [0.15, 0.2) is 78.1 Å². The number of sulfonamides is 1. The van der Waals surface area contributed by atoms with E-state index in [1.54, 1.807) is 45.6 Å². The summed E-state index contributed by atoms with van der Waals surface area (Å²) in [5.41, 5.74) is 3.64. The first-order chi connectivity index (χ1) is 21.5. The number of benzene rings is 2. The number of amides is 1. The molecule has 0 fully saturated rings. The molecule has 1 aliphatic heterocycles. The summed E-state index contributed by atoms with van der Waals surface area (Å²) >= 11 is 0. The molecule has 4 aromatic rings. The molecule has 45 heavy (non-hydrogen) atoms. The number of anilines is 1. The summed E-state index contributed by atoms with van der Waals surface area (Å²) in [5, 5.41) is 11.4. The van der Waals surface area contributed by atoms with Crippen LogP contribution in [0.2, 0.25) is 0 Å². The van der Waals surface area contributed by atoms with Gasteiger partial charge >= 0.3 is 0 Å². The fraction of sp³-hybridized carbons (Fsp3) is 0.412. The highest BCUT2D eigenvalue weighted by molar-refractivity contribution is 7.89. The monoisotopic (exact) mass is 630 g/mol. The number of hydrogen-bond acceptors (Lipinski definition) is 7. The highest BCUT2D eigenvalue weighted by atomic mass is 32.2. The van der Waals surface area contributed by atoms with Crippen molar-refractivity contribution in [2.45, 2.75) is 78.2 Å². The standard InChI is InChI=1S/C34H42N6O4S/c1-6-16-39-22-30(37-38-39)23-44-32(34(4,5)33(41)36-29-11-9-15-35-19-29)27-14-13-25(3)28(18-27)21-40-20-24(2)17-26-10-7-8-12-31(26)45(40,42)43/h7-15,18-19,22,24,32H,6,16-17,20-21,23H2,1-5H3,(H,36,41)/t24-,32?/m0/s1. The minimum Gasteiger partial charge on any atom is -0.366 e. The van der Waals surface area contributed by atoms with E-state index in [2.05, 4.69) is 34.5 Å². The van der Waals surface area contributed by atoms with E-state index < -0.39 is 21.5 Å². The quantitative estimate of drug-likeness (QED) is 0.226. The van der Waals surface area contributed by atoms with Crippen molar-refractivity contribution in [3.63, 3.8) is 0 Å². The fourth-order valence-electron chi connectivity index (χ4n) is 5.79. The minimum atomic E-state index is -3.71. The number of fused-ring (bicyclic) bond motifs is 1. The Kier molecular flexibility index (Phi) is 9.81. The van der Waals surface area contributed by atoms with Gasteiger partial charge in [0.05, 0.1) is 41.1 Å². The maximum absolute atomic E-state index is 13.9. The Morgan fingerprint density at radius 1 is 1.16 bits per heavy atom. The molecular formula is C34H42N6O4S. The van der Waals surface area contributed by atoms with Crippen molar-refractivity contribution >= 4 is 21.6 Å². The number of hydrogen-bond donors (Lipinski definition) is 1. The Bertz CT molecular complexity index is 1740. The molecule has 2 aromatic carbocycles. The molecule has 0 aliphatic carbocycles. The van der Waals surface area contributed by atoms with Gasteiger partial charge < -0.3 is 10.1 Å². The van der Waals surface area contributed by atoms with Crippen molar-refractivity contribution in [2.24, 2.45) is 11.3 Å². The van der Waals surface area contributed by atoms with Crippen molar-refractivity contribution in [2.75, 3.05) is 11.9 Å². The van der Waals surface area contributed by atoms with E-state index in [4.69, 9.17) is 4.74 Å². The Morgan fingerprint density at radius 3 is 2.71 bits per heavy atom. The lowest BCUT2D eigenvalue weighted by Gasteiger charge is -2.34. The van der Waals surface area contributed by atoms with Crippen LogP contribution in [0, 0.1) is 18.3 Å². The van der Waals surface area contributed by atoms with Gasteiger partial charge in [-0.1, -0.05) is 55.5 Å². The third kappa shape index (κ3) is 7.32. The van der Waals surface area contributed by atoms with Crippen molar-refractivity contribution in [3.8, 4) is 0 Å². The molecule has 1 unspecified atom stereocenters. The molecule has 5 rings (SSSR count). The number of rotatable bonds is 11. The van der Waals surface area contributed by atoms with Gasteiger partial charge in [0.25, 0.3) is 0 Å². The summed E-state index contributed by atoms with van der Waals surface area (Å²) in [5.74, 6) is -0.0861. The normalized spacial score (nSPS) is 17.3. The van der Waals surface area contributed by atoms with Gasteiger partial charge in [-0.05, 0) is 80.0 Å². The first kappa shape index (κ1) is 32.5. The minimum absolute atomic E-state index is 0.149. The fourth-order valence-corrected chi connectivity index (χ4v) is 7.57. The van der Waals surface area contributed by atoms with Crippen molar-refractivity contribution in [1.82, 2.24) is 24.3 Å². The van der Waals surface area contributed by atoms with E-state index >= 15 is 0 Å². The zero-order chi connectivity index (χ0) is 32.2. The first-order valence-corrected chi connectivity index (χ1v) is 16.8. The highest BCUT2D eigenvalue weighted by Crippen LogP contribution is 2.39. The molecule has 2 atom stereocenters. The number of nitrogens with zero attached hydrogens (tertiary/aromatic N) is 5. The van der Waals surface area contributed by atoms with Crippen LogP contribution < -0.4 is 5.32 Å². The maximum atomic E-state index is 13.9. The van der Waals surface area contributed by atoms with Crippen molar-refractivity contribution in [1.29, 1.82) is 0 Å². The Labute approximate surface area is 265 Å². The zero-order valence-corrected chi connectivity index (χ0v) is 27.4. The molecule has 3 heterocycles. The molecule has 1 amide bonds. The number of carbonyl (C=O) groups is 1. The number of carbonyl (C=O) groups excluding carboxylic acids is 1. The second-order valence-electron chi connectivity index (χ2n) is 12.5. The van der Waals surface area contributed by atoms with Gasteiger partial charge in [0.1, 0.15) is 5.69 Å². The van der Waals surface area contributed by atoms with E-state index in [1.807, 2.05) is 57.3 Å². The number of ether oxygens (including phenoxy) is 1. The molecule has 0 saturated carbocycles. The number of nitrogens with one attached hydrogen (secondary N) is 1. The van der Waals surface area contributed by atoms with Crippen LogP contribution in [0.1, 0.15) is 68.2 Å². The molecule has 0 spiro atoms. The van der Waals surface area contributed by atoms with Gasteiger partial charge in [-0.15, -0.1) is 5.10 Å². The van der Waals surface area contributed by atoms with Gasteiger partial charge in [-0.25, -0.2) is 8.42 Å². The molecule has 11 heteroatoms. The van der Waals surface area contributed by atoms with Gasteiger partial charge in [0.2, 0.25) is 15.9 Å². The average molecular weight is 631 g/mol. The van der Waals surface area contributed by atoms with Crippen molar-refractivity contribution < 1.29 is 17.9 Å². The first-order valence-electron chi connectivity index (χ1n) is 15.4. The van der Waals surface area contributed by atoms with Crippen LogP contribution in [0.25, 0.3) is 0 Å². The second kappa shape index (κ2) is 13.6. The summed E-state index contributed by atoms with van der Waals surface area (Å²) in [6.45, 7) is 11.3. The second-order valence-corrected chi connectivity index (χ2v) is 14.4. The van der Waals surface area contributed by atoms with Gasteiger partial charge in [0, 0.05) is 25.8 Å². The third-order valence-electron chi connectivity index (χ3n) is 8.29. The van der Waals surface area contributed by atoms with E-state index in [-0.39, 0.29) is 25.0 Å². The third-order valence-corrected chi connectivity index (χ3v) is 10.2. The van der Waals surface area contributed by atoms with E-state index in [9.17, 15) is 13.2 Å². The SMILES string of the molecule is CCCn1cc(COC(c2ccc(C)c(CN3C[C@@H](C)Cc4ccccc4S3(=O)=O)c2)C(C)(C)C(=O)Nc2cccnc2)nn1. The molecule has 0 saturated heterocycles. The molecule has 2 aromatic heterocycles. The molecule has 238 valence electrons. The highest BCUT2D eigenvalue weighted by Gasteiger charge is 2.40. The Morgan fingerprint density at radius 2 is 1.96 bits per heavy atom. The Hall–Kier alpha value is -3.93.